The Hall–Kier alpha value is -1.03. The second-order valence-electron chi connectivity index (χ2n) is 4.41. The first-order valence-electron chi connectivity index (χ1n) is 5.33. The Kier molecular flexibility index (Phi) is 2.05. The van der Waals surface area contributed by atoms with Gasteiger partial charge in [-0.3, -0.25) is 0 Å². The van der Waals surface area contributed by atoms with Gasteiger partial charge in [0.25, 0.3) is 0 Å². The Labute approximate surface area is 102 Å². The molecule has 0 spiro atoms. The quantitative estimate of drug-likeness (QED) is 0.805. The lowest BCUT2D eigenvalue weighted by Crippen LogP contribution is -2.54. The highest BCUT2D eigenvalue weighted by Crippen LogP contribution is 2.56. The van der Waals surface area contributed by atoms with E-state index in [4.69, 9.17) is 4.74 Å². The molecule has 1 saturated carbocycles. The number of carbonyl (C=O) groups is 1. The van der Waals surface area contributed by atoms with Crippen LogP contribution in [0.4, 0.5) is 5.69 Å². The highest BCUT2D eigenvalue weighted by atomic mass is 79.9. The number of hydrogen-bond donors (Lipinski definition) is 1. The molecule has 3 nitrogen and oxygen atoms in total. The molecular formula is C12H12BrNO2. The van der Waals surface area contributed by atoms with Crippen LogP contribution >= 0.6 is 15.9 Å². The Morgan fingerprint density at radius 2 is 2.44 bits per heavy atom. The lowest BCUT2D eigenvalue weighted by molar-refractivity contribution is -0.149. The second-order valence-corrected chi connectivity index (χ2v) is 5.33. The molecule has 1 aliphatic heterocycles. The molecule has 84 valence electrons. The zero-order valence-corrected chi connectivity index (χ0v) is 10.5. The predicted octanol–water partition coefficient (Wildman–Crippen LogP) is 2.66. The van der Waals surface area contributed by atoms with Gasteiger partial charge in [0.1, 0.15) is 5.54 Å². The van der Waals surface area contributed by atoms with Crippen LogP contribution in [0.15, 0.2) is 22.7 Å². The summed E-state index contributed by atoms with van der Waals surface area (Å²) in [6, 6.07) is 6.10. The first-order chi connectivity index (χ1) is 7.67. The molecule has 1 fully saturated rings. The van der Waals surface area contributed by atoms with Crippen molar-refractivity contribution in [1.29, 1.82) is 0 Å². The Morgan fingerprint density at radius 3 is 3.06 bits per heavy atom. The van der Waals surface area contributed by atoms with Crippen molar-refractivity contribution in [3.8, 4) is 0 Å². The molecule has 2 unspecified atom stereocenters. The van der Waals surface area contributed by atoms with Gasteiger partial charge in [-0.25, -0.2) is 4.79 Å². The fourth-order valence-corrected chi connectivity index (χ4v) is 3.18. The van der Waals surface area contributed by atoms with E-state index < -0.39 is 5.54 Å². The van der Waals surface area contributed by atoms with Gasteiger partial charge >= 0.3 is 5.97 Å². The van der Waals surface area contributed by atoms with Crippen molar-refractivity contribution in [2.75, 3.05) is 12.4 Å². The van der Waals surface area contributed by atoms with E-state index in [1.807, 2.05) is 12.1 Å². The van der Waals surface area contributed by atoms with Gasteiger partial charge in [-0.15, -0.1) is 0 Å². The summed E-state index contributed by atoms with van der Waals surface area (Å²) in [4.78, 5) is 11.9. The van der Waals surface area contributed by atoms with Crippen LogP contribution in [0.3, 0.4) is 0 Å². The van der Waals surface area contributed by atoms with Gasteiger partial charge in [0, 0.05) is 16.1 Å². The molecule has 1 aromatic rings. The Balaban J connectivity index is 2.04. The summed E-state index contributed by atoms with van der Waals surface area (Å²) in [5.41, 5.74) is 1.81. The highest BCUT2D eigenvalue weighted by Gasteiger charge is 2.58. The zero-order chi connectivity index (χ0) is 11.3. The predicted molar refractivity (Wildman–Crippen MR) is 64.5 cm³/mol. The monoisotopic (exact) mass is 281 g/mol. The van der Waals surface area contributed by atoms with Crippen molar-refractivity contribution in [3.63, 3.8) is 0 Å². The van der Waals surface area contributed by atoms with E-state index in [0.717, 1.165) is 23.0 Å². The number of hydrogen-bond acceptors (Lipinski definition) is 3. The molecule has 0 aromatic heterocycles. The van der Waals surface area contributed by atoms with Gasteiger partial charge in [0.15, 0.2) is 0 Å². The number of ether oxygens (including phenoxy) is 1. The van der Waals surface area contributed by atoms with Gasteiger partial charge in [0.2, 0.25) is 0 Å². The molecule has 0 bridgehead atoms. The number of halogens is 1. The normalized spacial score (nSPS) is 29.8. The fourth-order valence-electron chi connectivity index (χ4n) is 2.80. The summed E-state index contributed by atoms with van der Waals surface area (Å²) in [6.45, 7) is 0. The van der Waals surface area contributed by atoms with Gasteiger partial charge < -0.3 is 10.1 Å². The lowest BCUT2D eigenvalue weighted by atomic mass is 9.66. The molecule has 0 radical (unpaired) electrons. The first kappa shape index (κ1) is 10.1. The number of fused-ring (bicyclic) bond motifs is 3. The zero-order valence-electron chi connectivity index (χ0n) is 8.92. The lowest BCUT2D eigenvalue weighted by Gasteiger charge is -2.42. The molecular weight excluding hydrogens is 270 g/mol. The molecule has 2 atom stereocenters. The summed E-state index contributed by atoms with van der Waals surface area (Å²) < 4.78 is 5.96. The third-order valence-electron chi connectivity index (χ3n) is 3.72. The van der Waals surface area contributed by atoms with Crippen LogP contribution in [0.2, 0.25) is 0 Å². The van der Waals surface area contributed by atoms with Crippen LogP contribution in [0.1, 0.15) is 24.3 Å². The highest BCUT2D eigenvalue weighted by molar-refractivity contribution is 9.10. The van der Waals surface area contributed by atoms with Crippen LogP contribution in [0.25, 0.3) is 0 Å². The van der Waals surface area contributed by atoms with Crippen molar-refractivity contribution in [2.24, 2.45) is 0 Å². The van der Waals surface area contributed by atoms with Crippen molar-refractivity contribution >= 4 is 27.6 Å². The van der Waals surface area contributed by atoms with Crippen molar-refractivity contribution < 1.29 is 9.53 Å². The Bertz CT molecular complexity index is 474. The molecule has 1 N–H and O–H groups in total. The number of methoxy groups -OCH3 is 1. The van der Waals surface area contributed by atoms with Gasteiger partial charge in [-0.1, -0.05) is 15.9 Å². The summed E-state index contributed by atoms with van der Waals surface area (Å²) in [5.74, 6) is 0.128. The minimum atomic E-state index is -0.488. The number of nitrogens with one attached hydrogen (secondary N) is 1. The largest absolute Gasteiger partial charge is 0.467 e. The summed E-state index contributed by atoms with van der Waals surface area (Å²) >= 11 is 3.46. The van der Waals surface area contributed by atoms with Crippen LogP contribution in [-0.4, -0.2) is 18.6 Å². The first-order valence-corrected chi connectivity index (χ1v) is 6.13. The van der Waals surface area contributed by atoms with E-state index in [1.54, 1.807) is 0 Å². The average molecular weight is 282 g/mol. The number of anilines is 1. The number of rotatable bonds is 1. The smallest absolute Gasteiger partial charge is 0.332 e. The molecule has 0 saturated heterocycles. The van der Waals surface area contributed by atoms with Crippen LogP contribution in [0, 0.1) is 0 Å². The third kappa shape index (κ3) is 1.11. The summed E-state index contributed by atoms with van der Waals surface area (Å²) in [7, 11) is 1.45. The molecule has 16 heavy (non-hydrogen) atoms. The van der Waals surface area contributed by atoms with Gasteiger partial charge in [-0.2, -0.15) is 0 Å². The number of carbonyl (C=O) groups excluding carboxylic acids is 1. The van der Waals surface area contributed by atoms with Crippen LogP contribution in [0.5, 0.6) is 0 Å². The summed E-state index contributed by atoms with van der Waals surface area (Å²) in [5, 5.41) is 3.33. The van der Waals surface area contributed by atoms with E-state index >= 15 is 0 Å². The Morgan fingerprint density at radius 1 is 1.62 bits per heavy atom. The molecule has 4 heteroatoms. The van der Waals surface area contributed by atoms with Crippen molar-refractivity contribution in [3.05, 3.63) is 28.2 Å². The topological polar surface area (TPSA) is 38.3 Å². The van der Waals surface area contributed by atoms with E-state index in [9.17, 15) is 4.79 Å². The average Bonchev–Trinajstić information content (AvgIpc) is 2.46. The maximum absolute atomic E-state index is 11.9. The van der Waals surface area contributed by atoms with Crippen molar-refractivity contribution in [2.45, 2.75) is 24.3 Å². The SMILES string of the molecule is COC(=O)C12CCC1c1cc(Br)ccc1N2. The molecule has 1 aliphatic carbocycles. The second kappa shape index (κ2) is 3.23. The maximum atomic E-state index is 11.9. The molecule has 1 heterocycles. The van der Waals surface area contributed by atoms with E-state index in [0.29, 0.717) is 0 Å². The number of esters is 1. The van der Waals surface area contributed by atoms with E-state index in [2.05, 4.69) is 27.3 Å². The van der Waals surface area contributed by atoms with Crippen LogP contribution in [-0.2, 0) is 9.53 Å². The van der Waals surface area contributed by atoms with Crippen molar-refractivity contribution in [1.82, 2.24) is 0 Å². The fraction of sp³-hybridized carbons (Fsp3) is 0.417. The van der Waals surface area contributed by atoms with Gasteiger partial charge in [0.05, 0.1) is 7.11 Å². The van der Waals surface area contributed by atoms with E-state index in [-0.39, 0.29) is 11.9 Å². The van der Waals surface area contributed by atoms with E-state index in [1.165, 1.54) is 12.7 Å². The molecule has 2 aliphatic rings. The minimum absolute atomic E-state index is 0.143. The number of benzene rings is 1. The summed E-state index contributed by atoms with van der Waals surface area (Å²) in [6.07, 6.45) is 1.90. The van der Waals surface area contributed by atoms with Crippen LogP contribution < -0.4 is 5.32 Å². The molecule has 0 amide bonds. The molecule has 3 rings (SSSR count). The third-order valence-corrected chi connectivity index (χ3v) is 4.21. The van der Waals surface area contributed by atoms with Gasteiger partial charge in [-0.05, 0) is 36.6 Å². The standard InChI is InChI=1S/C12H12BrNO2/c1-16-11(15)12-5-4-9(12)8-6-7(13)2-3-10(8)14-12/h2-3,6,9,14H,4-5H2,1H3. The minimum Gasteiger partial charge on any atom is -0.467 e. The molecule has 1 aromatic carbocycles. The maximum Gasteiger partial charge on any atom is 0.332 e.